The van der Waals surface area contributed by atoms with E-state index in [4.69, 9.17) is 0 Å². The summed E-state index contributed by atoms with van der Waals surface area (Å²) in [6.45, 7) is 1.84. The highest BCUT2D eigenvalue weighted by Crippen LogP contribution is 2.27. The Labute approximate surface area is 186 Å². The van der Waals surface area contributed by atoms with E-state index in [0.717, 1.165) is 35.0 Å². The predicted molar refractivity (Wildman–Crippen MR) is 128 cm³/mol. The van der Waals surface area contributed by atoms with Crippen molar-refractivity contribution >= 4 is 28.6 Å². The molecule has 0 unspecified atom stereocenters. The lowest BCUT2D eigenvalue weighted by Gasteiger charge is -2.10. The van der Waals surface area contributed by atoms with Gasteiger partial charge in [0, 0.05) is 34.5 Å². The van der Waals surface area contributed by atoms with Gasteiger partial charge in [-0.15, -0.1) is 11.8 Å². The SMILES string of the molecule is CSc1ccc(CCNCc2c(C(=O)O)n(Cc3ccccc3)c3ccccc23)cc1. The van der Waals surface area contributed by atoms with Crippen LogP contribution in [0.1, 0.15) is 27.2 Å². The summed E-state index contributed by atoms with van der Waals surface area (Å²) in [6.07, 6.45) is 2.98. The minimum atomic E-state index is -0.892. The van der Waals surface area contributed by atoms with Crippen molar-refractivity contribution in [2.24, 2.45) is 0 Å². The molecule has 0 spiro atoms. The molecule has 31 heavy (non-hydrogen) atoms. The van der Waals surface area contributed by atoms with E-state index in [-0.39, 0.29) is 0 Å². The molecule has 3 aromatic carbocycles. The Kier molecular flexibility index (Phi) is 6.75. The van der Waals surface area contributed by atoms with Crippen molar-refractivity contribution in [3.05, 3.63) is 101 Å². The highest BCUT2D eigenvalue weighted by Gasteiger charge is 2.22. The first-order valence-electron chi connectivity index (χ1n) is 10.4. The van der Waals surface area contributed by atoms with Gasteiger partial charge in [-0.3, -0.25) is 0 Å². The van der Waals surface area contributed by atoms with Gasteiger partial charge in [0.1, 0.15) is 5.69 Å². The first kappa shape index (κ1) is 21.2. The number of para-hydroxylation sites is 1. The van der Waals surface area contributed by atoms with Gasteiger partial charge in [-0.1, -0.05) is 60.7 Å². The maximum absolute atomic E-state index is 12.3. The molecule has 1 aromatic heterocycles. The number of hydrogen-bond acceptors (Lipinski definition) is 3. The lowest BCUT2D eigenvalue weighted by molar-refractivity contribution is 0.0685. The fourth-order valence-corrected chi connectivity index (χ4v) is 4.38. The lowest BCUT2D eigenvalue weighted by Crippen LogP contribution is -2.19. The van der Waals surface area contributed by atoms with Crippen LogP contribution < -0.4 is 5.32 Å². The number of thioether (sulfide) groups is 1. The van der Waals surface area contributed by atoms with Crippen LogP contribution in [0.3, 0.4) is 0 Å². The molecular formula is C26H26N2O2S. The molecule has 2 N–H and O–H groups in total. The van der Waals surface area contributed by atoms with Crippen LogP contribution in [-0.2, 0) is 19.5 Å². The molecule has 0 saturated heterocycles. The van der Waals surface area contributed by atoms with E-state index in [0.29, 0.717) is 18.8 Å². The molecule has 5 heteroatoms. The fourth-order valence-electron chi connectivity index (χ4n) is 3.97. The van der Waals surface area contributed by atoms with Gasteiger partial charge in [0.05, 0.1) is 0 Å². The van der Waals surface area contributed by atoms with Gasteiger partial charge in [0.25, 0.3) is 0 Å². The van der Waals surface area contributed by atoms with E-state index in [1.807, 2.05) is 59.2 Å². The van der Waals surface area contributed by atoms with E-state index in [9.17, 15) is 9.90 Å². The van der Waals surface area contributed by atoms with Crippen molar-refractivity contribution in [2.45, 2.75) is 24.4 Å². The number of fused-ring (bicyclic) bond motifs is 1. The normalized spacial score (nSPS) is 11.1. The molecule has 0 aliphatic rings. The molecule has 0 amide bonds. The van der Waals surface area contributed by atoms with Crippen LogP contribution in [0.25, 0.3) is 10.9 Å². The Morgan fingerprint density at radius 2 is 1.65 bits per heavy atom. The highest BCUT2D eigenvalue weighted by atomic mass is 32.2. The van der Waals surface area contributed by atoms with Crippen molar-refractivity contribution in [2.75, 3.05) is 12.8 Å². The summed E-state index contributed by atoms with van der Waals surface area (Å²) < 4.78 is 1.92. The van der Waals surface area contributed by atoms with Crippen LogP contribution in [-0.4, -0.2) is 28.4 Å². The first-order chi connectivity index (χ1) is 15.2. The van der Waals surface area contributed by atoms with Crippen LogP contribution in [0.15, 0.2) is 83.8 Å². The maximum Gasteiger partial charge on any atom is 0.352 e. The van der Waals surface area contributed by atoms with Gasteiger partial charge in [-0.2, -0.15) is 0 Å². The van der Waals surface area contributed by atoms with Crippen molar-refractivity contribution in [1.82, 2.24) is 9.88 Å². The molecule has 0 saturated carbocycles. The molecule has 1 heterocycles. The van der Waals surface area contributed by atoms with Crippen LogP contribution in [0.2, 0.25) is 0 Å². The molecule has 4 aromatic rings. The number of carbonyl (C=O) groups is 1. The van der Waals surface area contributed by atoms with E-state index in [1.165, 1.54) is 10.5 Å². The fraction of sp³-hybridized carbons (Fsp3) is 0.192. The number of aromatic carboxylic acids is 1. The van der Waals surface area contributed by atoms with Gasteiger partial charge in [-0.25, -0.2) is 4.79 Å². The number of carboxylic acids is 1. The molecule has 0 fully saturated rings. The van der Waals surface area contributed by atoms with Crippen molar-refractivity contribution in [3.8, 4) is 0 Å². The van der Waals surface area contributed by atoms with Gasteiger partial charge >= 0.3 is 5.97 Å². The molecular weight excluding hydrogens is 404 g/mol. The van der Waals surface area contributed by atoms with E-state index in [1.54, 1.807) is 11.8 Å². The van der Waals surface area contributed by atoms with Gasteiger partial charge in [0.2, 0.25) is 0 Å². The Hall–Kier alpha value is -3.02. The third-order valence-electron chi connectivity index (χ3n) is 5.51. The molecule has 4 rings (SSSR count). The number of nitrogens with zero attached hydrogens (tertiary/aromatic N) is 1. The zero-order valence-corrected chi connectivity index (χ0v) is 18.4. The van der Waals surface area contributed by atoms with Crippen molar-refractivity contribution < 1.29 is 9.90 Å². The second-order valence-corrected chi connectivity index (χ2v) is 8.38. The third kappa shape index (κ3) is 4.84. The average molecular weight is 431 g/mol. The Morgan fingerprint density at radius 1 is 0.935 bits per heavy atom. The third-order valence-corrected chi connectivity index (χ3v) is 6.26. The molecule has 0 aliphatic heterocycles. The van der Waals surface area contributed by atoms with Crippen LogP contribution >= 0.6 is 11.8 Å². The number of rotatable bonds is 9. The lowest BCUT2D eigenvalue weighted by atomic mass is 10.1. The van der Waals surface area contributed by atoms with Crippen LogP contribution in [0.5, 0.6) is 0 Å². The zero-order valence-electron chi connectivity index (χ0n) is 17.5. The molecule has 0 aliphatic carbocycles. The smallest absolute Gasteiger partial charge is 0.352 e. The zero-order chi connectivity index (χ0) is 21.6. The van der Waals surface area contributed by atoms with Crippen LogP contribution in [0.4, 0.5) is 0 Å². The van der Waals surface area contributed by atoms with Gasteiger partial charge < -0.3 is 15.0 Å². The number of hydrogen-bond donors (Lipinski definition) is 2. The largest absolute Gasteiger partial charge is 0.477 e. The molecule has 158 valence electrons. The Morgan fingerprint density at radius 3 is 2.35 bits per heavy atom. The summed E-state index contributed by atoms with van der Waals surface area (Å²) in [6, 6.07) is 26.5. The first-order valence-corrected chi connectivity index (χ1v) is 11.6. The van der Waals surface area contributed by atoms with Crippen molar-refractivity contribution in [3.63, 3.8) is 0 Å². The molecule has 0 atom stereocenters. The Bertz CT molecular complexity index is 1170. The minimum absolute atomic E-state index is 0.363. The summed E-state index contributed by atoms with van der Waals surface area (Å²) >= 11 is 1.74. The summed E-state index contributed by atoms with van der Waals surface area (Å²) in [7, 11) is 0. The second kappa shape index (κ2) is 9.86. The average Bonchev–Trinajstić information content (AvgIpc) is 3.11. The Balaban J connectivity index is 1.56. The minimum Gasteiger partial charge on any atom is -0.477 e. The van der Waals surface area contributed by atoms with E-state index >= 15 is 0 Å². The molecule has 0 bridgehead atoms. The number of nitrogens with one attached hydrogen (secondary N) is 1. The summed E-state index contributed by atoms with van der Waals surface area (Å²) in [5.74, 6) is -0.892. The number of carboxylic acid groups (broad SMARTS) is 1. The maximum atomic E-state index is 12.3. The summed E-state index contributed by atoms with van der Waals surface area (Å²) in [4.78, 5) is 13.5. The molecule has 4 nitrogen and oxygen atoms in total. The topological polar surface area (TPSA) is 54.3 Å². The second-order valence-electron chi connectivity index (χ2n) is 7.50. The monoisotopic (exact) mass is 430 g/mol. The predicted octanol–water partition coefficient (Wildman–Crippen LogP) is 5.44. The summed E-state index contributed by atoms with van der Waals surface area (Å²) in [5.41, 5.74) is 4.51. The quantitative estimate of drug-likeness (QED) is 0.274. The van der Waals surface area contributed by atoms with Gasteiger partial charge in [-0.05, 0) is 48.5 Å². The highest BCUT2D eigenvalue weighted by molar-refractivity contribution is 7.98. The van der Waals surface area contributed by atoms with Gasteiger partial charge in [0.15, 0.2) is 0 Å². The van der Waals surface area contributed by atoms with Crippen molar-refractivity contribution in [1.29, 1.82) is 0 Å². The van der Waals surface area contributed by atoms with Crippen LogP contribution in [0, 0.1) is 0 Å². The summed E-state index contributed by atoms with van der Waals surface area (Å²) in [5, 5.41) is 14.5. The number of benzene rings is 3. The standard InChI is InChI=1S/C26H26N2O2S/c1-31-21-13-11-19(12-14-21)15-16-27-17-23-22-9-5-6-10-24(22)28(25(23)26(29)30)18-20-7-3-2-4-8-20/h2-14,27H,15-18H2,1H3,(H,29,30). The van der Waals surface area contributed by atoms with E-state index < -0.39 is 5.97 Å². The molecule has 0 radical (unpaired) electrons. The van der Waals surface area contributed by atoms with E-state index in [2.05, 4.69) is 35.8 Å². The number of aromatic nitrogens is 1.